The monoisotopic (exact) mass is 386 g/mol. The standard InChI is InChI=1S/C22H30O4Si/c1-22(2,3)27(5,6)26-20-15-13-18(17-21(20)25-4)12-14-19(24)11-9-7-8-10-16-23/h12-17H,7-8,10H2,1-6H3/b14-12+. The lowest BCUT2D eigenvalue weighted by atomic mass is 10.1. The average molecular weight is 387 g/mol. The second kappa shape index (κ2) is 10.1. The maximum Gasteiger partial charge on any atom is 0.250 e. The van der Waals surface area contributed by atoms with E-state index in [-0.39, 0.29) is 10.8 Å². The summed E-state index contributed by atoms with van der Waals surface area (Å²) in [6, 6.07) is 5.63. The summed E-state index contributed by atoms with van der Waals surface area (Å²) in [5, 5.41) is 0.0907. The van der Waals surface area contributed by atoms with Gasteiger partial charge in [0.15, 0.2) is 5.75 Å². The van der Waals surface area contributed by atoms with Gasteiger partial charge in [0.25, 0.3) is 8.32 Å². The molecule has 0 aromatic heterocycles. The molecule has 0 N–H and O–H groups in total. The van der Waals surface area contributed by atoms with E-state index >= 15 is 0 Å². The minimum Gasteiger partial charge on any atom is -0.541 e. The lowest BCUT2D eigenvalue weighted by molar-refractivity contribution is -0.109. The summed E-state index contributed by atoms with van der Waals surface area (Å²) >= 11 is 0. The van der Waals surface area contributed by atoms with Crippen molar-refractivity contribution in [2.45, 2.75) is 58.2 Å². The van der Waals surface area contributed by atoms with Crippen LogP contribution in [0.15, 0.2) is 24.3 Å². The highest BCUT2D eigenvalue weighted by Crippen LogP contribution is 2.40. The largest absolute Gasteiger partial charge is 0.541 e. The fourth-order valence-corrected chi connectivity index (χ4v) is 2.96. The molecule has 1 aromatic carbocycles. The highest BCUT2D eigenvalue weighted by molar-refractivity contribution is 6.74. The van der Waals surface area contributed by atoms with E-state index in [4.69, 9.17) is 9.16 Å². The third-order valence-electron chi connectivity index (χ3n) is 4.62. The molecule has 0 bridgehead atoms. The van der Waals surface area contributed by atoms with Crippen LogP contribution < -0.4 is 9.16 Å². The molecule has 0 unspecified atom stereocenters. The van der Waals surface area contributed by atoms with Crippen LogP contribution in [0.3, 0.4) is 0 Å². The van der Waals surface area contributed by atoms with Crippen LogP contribution >= 0.6 is 0 Å². The van der Waals surface area contributed by atoms with Crippen LogP contribution in [0.1, 0.15) is 45.6 Å². The molecule has 0 fully saturated rings. The summed E-state index contributed by atoms with van der Waals surface area (Å²) < 4.78 is 11.8. The van der Waals surface area contributed by atoms with E-state index in [0.717, 1.165) is 17.6 Å². The molecule has 0 saturated carbocycles. The van der Waals surface area contributed by atoms with Crippen molar-refractivity contribution in [3.8, 4) is 23.3 Å². The number of allylic oxidation sites excluding steroid dienone is 1. The second-order valence-electron chi connectivity index (χ2n) is 7.83. The number of benzene rings is 1. The molecule has 0 radical (unpaired) electrons. The van der Waals surface area contributed by atoms with Crippen molar-refractivity contribution < 1.29 is 18.8 Å². The first-order chi connectivity index (χ1) is 12.6. The molecular formula is C22H30O4Si. The van der Waals surface area contributed by atoms with Crippen molar-refractivity contribution >= 4 is 26.5 Å². The second-order valence-corrected chi connectivity index (χ2v) is 12.6. The molecule has 4 nitrogen and oxygen atoms in total. The molecular weight excluding hydrogens is 356 g/mol. The number of rotatable bonds is 8. The van der Waals surface area contributed by atoms with Gasteiger partial charge in [-0.15, -0.1) is 0 Å². The summed E-state index contributed by atoms with van der Waals surface area (Å²) in [5.41, 5.74) is 0.838. The van der Waals surface area contributed by atoms with Crippen LogP contribution in [-0.2, 0) is 9.59 Å². The zero-order valence-electron chi connectivity index (χ0n) is 17.2. The Kier molecular flexibility index (Phi) is 8.52. The van der Waals surface area contributed by atoms with Gasteiger partial charge in [0, 0.05) is 12.8 Å². The number of hydrogen-bond donors (Lipinski definition) is 0. The number of aldehydes is 1. The van der Waals surface area contributed by atoms with Crippen molar-refractivity contribution in [3.05, 3.63) is 29.8 Å². The van der Waals surface area contributed by atoms with Gasteiger partial charge in [-0.25, -0.2) is 0 Å². The first kappa shape index (κ1) is 22.7. The van der Waals surface area contributed by atoms with E-state index in [1.807, 2.05) is 18.2 Å². The van der Waals surface area contributed by atoms with Crippen LogP contribution in [-0.4, -0.2) is 27.5 Å². The van der Waals surface area contributed by atoms with Crippen molar-refractivity contribution in [1.29, 1.82) is 0 Å². The number of hydrogen-bond acceptors (Lipinski definition) is 4. The SMILES string of the molecule is COc1cc(/C=C/C(=O)C#CCCCC=O)ccc1O[Si](C)(C)C(C)(C)C. The van der Waals surface area contributed by atoms with Crippen LogP contribution in [0.25, 0.3) is 6.08 Å². The smallest absolute Gasteiger partial charge is 0.250 e. The zero-order chi connectivity index (χ0) is 20.5. The molecule has 0 amide bonds. The van der Waals surface area contributed by atoms with E-state index < -0.39 is 8.32 Å². The third kappa shape index (κ3) is 7.44. The van der Waals surface area contributed by atoms with E-state index in [1.165, 1.54) is 6.08 Å². The number of carbonyl (C=O) groups excluding carboxylic acids is 2. The number of carbonyl (C=O) groups is 2. The Morgan fingerprint density at radius 1 is 1.22 bits per heavy atom. The van der Waals surface area contributed by atoms with Crippen LogP contribution in [0.5, 0.6) is 11.5 Å². The zero-order valence-corrected chi connectivity index (χ0v) is 18.2. The first-order valence-corrected chi connectivity index (χ1v) is 12.0. The average Bonchev–Trinajstić information content (AvgIpc) is 2.59. The van der Waals surface area contributed by atoms with E-state index in [1.54, 1.807) is 13.2 Å². The molecule has 0 saturated heterocycles. The summed E-state index contributed by atoms with van der Waals surface area (Å²) in [6.45, 7) is 10.9. The predicted octanol–water partition coefficient (Wildman–Crippen LogP) is 5.03. The predicted molar refractivity (Wildman–Crippen MR) is 113 cm³/mol. The van der Waals surface area contributed by atoms with Crippen LogP contribution in [0.2, 0.25) is 18.1 Å². The Morgan fingerprint density at radius 2 is 1.93 bits per heavy atom. The van der Waals surface area contributed by atoms with Gasteiger partial charge < -0.3 is 14.0 Å². The number of unbranched alkanes of at least 4 members (excludes halogenated alkanes) is 2. The number of ether oxygens (including phenoxy) is 1. The maximum absolute atomic E-state index is 11.8. The van der Waals surface area contributed by atoms with Crippen LogP contribution in [0.4, 0.5) is 0 Å². The lowest BCUT2D eigenvalue weighted by Crippen LogP contribution is -2.43. The molecule has 0 heterocycles. The van der Waals surface area contributed by atoms with Crippen LogP contribution in [0, 0.1) is 11.8 Å². The minimum atomic E-state index is -1.96. The molecule has 5 heteroatoms. The fourth-order valence-electron chi connectivity index (χ4n) is 1.94. The topological polar surface area (TPSA) is 52.6 Å². The normalized spacial score (nSPS) is 11.6. The van der Waals surface area contributed by atoms with Gasteiger partial charge in [-0.05, 0) is 54.2 Å². The fraction of sp³-hybridized carbons (Fsp3) is 0.455. The summed E-state index contributed by atoms with van der Waals surface area (Å²) in [7, 11) is -0.356. The van der Waals surface area contributed by atoms with Crippen molar-refractivity contribution in [3.63, 3.8) is 0 Å². The molecule has 0 aliphatic carbocycles. The molecule has 146 valence electrons. The van der Waals surface area contributed by atoms with Gasteiger partial charge in [-0.2, -0.15) is 0 Å². The Balaban J connectivity index is 2.85. The highest BCUT2D eigenvalue weighted by Gasteiger charge is 2.39. The van der Waals surface area contributed by atoms with Crippen molar-refractivity contribution in [2.24, 2.45) is 0 Å². The first-order valence-electron chi connectivity index (χ1n) is 9.12. The van der Waals surface area contributed by atoms with Gasteiger partial charge in [-0.3, -0.25) is 4.79 Å². The molecule has 0 aliphatic rings. The maximum atomic E-state index is 11.8. The molecule has 27 heavy (non-hydrogen) atoms. The van der Waals surface area contributed by atoms with Crippen molar-refractivity contribution in [1.82, 2.24) is 0 Å². The minimum absolute atomic E-state index is 0.0907. The Labute approximate surface area is 164 Å². The van der Waals surface area contributed by atoms with Gasteiger partial charge in [0.2, 0.25) is 5.78 Å². The van der Waals surface area contributed by atoms with Gasteiger partial charge >= 0.3 is 0 Å². The Hall–Kier alpha value is -2.32. The van der Waals surface area contributed by atoms with Gasteiger partial charge in [-0.1, -0.05) is 38.8 Å². The quantitative estimate of drug-likeness (QED) is 0.157. The summed E-state index contributed by atoms with van der Waals surface area (Å²) in [4.78, 5) is 22.0. The molecule has 0 aliphatic heterocycles. The Morgan fingerprint density at radius 3 is 2.52 bits per heavy atom. The van der Waals surface area contributed by atoms with Crippen molar-refractivity contribution in [2.75, 3.05) is 7.11 Å². The van der Waals surface area contributed by atoms with Gasteiger partial charge in [0.1, 0.15) is 12.0 Å². The number of ketones is 1. The highest BCUT2D eigenvalue weighted by atomic mass is 28.4. The summed E-state index contributed by atoms with van der Waals surface area (Å²) in [6.07, 6.45) is 5.71. The molecule has 0 spiro atoms. The van der Waals surface area contributed by atoms with Gasteiger partial charge in [0.05, 0.1) is 7.11 Å². The molecule has 0 atom stereocenters. The molecule has 1 aromatic rings. The van der Waals surface area contributed by atoms with E-state index in [9.17, 15) is 9.59 Å². The third-order valence-corrected chi connectivity index (χ3v) is 8.96. The Bertz CT molecular complexity index is 746. The van der Waals surface area contributed by atoms with E-state index in [0.29, 0.717) is 25.0 Å². The number of methoxy groups -OCH3 is 1. The molecule has 1 rings (SSSR count). The van der Waals surface area contributed by atoms with E-state index in [2.05, 4.69) is 45.7 Å². The lowest BCUT2D eigenvalue weighted by Gasteiger charge is -2.36. The summed E-state index contributed by atoms with van der Waals surface area (Å²) in [5.74, 6) is 6.45.